The molecule has 0 unspecified atom stereocenters. The predicted octanol–water partition coefficient (Wildman–Crippen LogP) is 6.73. The highest BCUT2D eigenvalue weighted by Crippen LogP contribution is 2.40. The van der Waals surface area contributed by atoms with Gasteiger partial charge in [-0.1, -0.05) is 85.5 Å². The fraction of sp³-hybridized carbons (Fsp3) is 1.00. The minimum Gasteiger partial charge on any atom is -0.0599 e. The maximum absolute atomic E-state index is 2.49. The fourth-order valence-electron chi connectivity index (χ4n) is 3.92. The van der Waals surface area contributed by atoms with Crippen LogP contribution in [0.25, 0.3) is 0 Å². The normalized spacial score (nSPS) is 27.3. The molecule has 0 amide bonds. The van der Waals surface area contributed by atoms with Gasteiger partial charge >= 0.3 is 0 Å². The van der Waals surface area contributed by atoms with E-state index in [1.54, 1.807) is 0 Å². The summed E-state index contributed by atoms with van der Waals surface area (Å²) >= 11 is 0. The third-order valence-corrected chi connectivity index (χ3v) is 4.66. The van der Waals surface area contributed by atoms with Crippen molar-refractivity contribution in [3.05, 3.63) is 0 Å². The van der Waals surface area contributed by atoms with Crippen molar-refractivity contribution in [2.24, 2.45) is 10.8 Å². The molecule has 0 radical (unpaired) electrons. The van der Waals surface area contributed by atoms with E-state index in [1.165, 1.54) is 77.0 Å². The van der Waals surface area contributed by atoms with Gasteiger partial charge in [0.1, 0.15) is 0 Å². The summed E-state index contributed by atoms with van der Waals surface area (Å²) in [7, 11) is 0. The number of rotatable bonds is 0. The van der Waals surface area contributed by atoms with Gasteiger partial charge in [0.05, 0.1) is 0 Å². The van der Waals surface area contributed by atoms with Gasteiger partial charge in [0, 0.05) is 0 Å². The maximum Gasteiger partial charge on any atom is -0.0349 e. The number of hydrogen-bond acceptors (Lipinski definition) is 0. The van der Waals surface area contributed by atoms with Crippen LogP contribution < -0.4 is 0 Å². The van der Waals surface area contributed by atoms with E-state index in [9.17, 15) is 0 Å². The monoisotopic (exact) mass is 252 g/mol. The van der Waals surface area contributed by atoms with Crippen LogP contribution >= 0.6 is 0 Å². The molecule has 1 saturated carbocycles. The van der Waals surface area contributed by atoms with Crippen molar-refractivity contribution < 1.29 is 0 Å². The highest BCUT2D eigenvalue weighted by atomic mass is 14.3. The summed E-state index contributed by atoms with van der Waals surface area (Å²) in [5, 5.41) is 0. The lowest BCUT2D eigenvalue weighted by molar-refractivity contribution is 0.163. The van der Waals surface area contributed by atoms with Crippen molar-refractivity contribution in [3.63, 3.8) is 0 Å². The molecule has 0 heteroatoms. The second kappa shape index (κ2) is 7.56. The molecule has 1 fully saturated rings. The zero-order valence-electron chi connectivity index (χ0n) is 13.5. The first kappa shape index (κ1) is 16.1. The van der Waals surface area contributed by atoms with Crippen molar-refractivity contribution >= 4 is 0 Å². The molecule has 0 atom stereocenters. The Morgan fingerprint density at radius 2 is 0.722 bits per heavy atom. The van der Waals surface area contributed by atoms with Gasteiger partial charge in [-0.15, -0.1) is 0 Å². The molecular weight excluding hydrogens is 216 g/mol. The molecule has 0 aromatic rings. The zero-order valence-corrected chi connectivity index (χ0v) is 13.5. The van der Waals surface area contributed by atoms with Crippen LogP contribution in [0.5, 0.6) is 0 Å². The van der Waals surface area contributed by atoms with Crippen molar-refractivity contribution in [2.45, 2.75) is 105 Å². The van der Waals surface area contributed by atoms with E-state index >= 15 is 0 Å². The van der Waals surface area contributed by atoms with E-state index in [4.69, 9.17) is 0 Å². The Kier molecular flexibility index (Phi) is 6.74. The second-order valence-electron chi connectivity index (χ2n) is 8.19. The predicted molar refractivity (Wildman–Crippen MR) is 83.0 cm³/mol. The van der Waals surface area contributed by atoms with E-state index in [1.807, 2.05) is 0 Å². The summed E-state index contributed by atoms with van der Waals surface area (Å²) in [6.45, 7) is 9.95. The molecule has 0 saturated heterocycles. The van der Waals surface area contributed by atoms with Crippen LogP contribution in [-0.2, 0) is 0 Å². The third kappa shape index (κ3) is 7.44. The van der Waals surface area contributed by atoms with Crippen LogP contribution in [0.15, 0.2) is 0 Å². The van der Waals surface area contributed by atoms with E-state index in [-0.39, 0.29) is 0 Å². The Bertz CT molecular complexity index is 190. The zero-order chi connectivity index (χ0) is 13.5. The SMILES string of the molecule is CC1(C)CCCCCCCCCCCC(C)(C)C1. The smallest absolute Gasteiger partial charge is 0.0349 e. The summed E-state index contributed by atoms with van der Waals surface area (Å²) in [4.78, 5) is 0. The Balaban J connectivity index is 2.46. The first-order valence-corrected chi connectivity index (χ1v) is 8.41. The van der Waals surface area contributed by atoms with Gasteiger partial charge in [0.2, 0.25) is 0 Å². The first-order chi connectivity index (χ1) is 8.41. The molecule has 0 spiro atoms. The molecule has 0 aliphatic heterocycles. The molecular formula is C18H36. The van der Waals surface area contributed by atoms with Crippen LogP contribution in [0.3, 0.4) is 0 Å². The van der Waals surface area contributed by atoms with Gasteiger partial charge in [-0.25, -0.2) is 0 Å². The van der Waals surface area contributed by atoms with Gasteiger partial charge in [-0.3, -0.25) is 0 Å². The van der Waals surface area contributed by atoms with Crippen LogP contribution in [0, 0.1) is 10.8 Å². The Labute approximate surface area is 116 Å². The number of hydrogen-bond donors (Lipinski definition) is 0. The van der Waals surface area contributed by atoms with E-state index in [2.05, 4.69) is 27.7 Å². The Morgan fingerprint density at radius 1 is 0.444 bits per heavy atom. The molecule has 0 aromatic carbocycles. The molecule has 1 aliphatic carbocycles. The van der Waals surface area contributed by atoms with Crippen molar-refractivity contribution in [3.8, 4) is 0 Å². The summed E-state index contributed by atoms with van der Waals surface area (Å²) in [5.74, 6) is 0. The van der Waals surface area contributed by atoms with Crippen LogP contribution in [-0.4, -0.2) is 0 Å². The fourth-order valence-corrected chi connectivity index (χ4v) is 3.92. The lowest BCUT2D eigenvalue weighted by Crippen LogP contribution is -2.23. The Hall–Kier alpha value is 0. The van der Waals surface area contributed by atoms with Gasteiger partial charge in [-0.2, -0.15) is 0 Å². The van der Waals surface area contributed by atoms with Gasteiger partial charge in [-0.05, 0) is 30.1 Å². The van der Waals surface area contributed by atoms with Crippen molar-refractivity contribution in [2.75, 3.05) is 0 Å². The van der Waals surface area contributed by atoms with E-state index in [0.29, 0.717) is 10.8 Å². The highest BCUT2D eigenvalue weighted by molar-refractivity contribution is 4.79. The second-order valence-corrected chi connectivity index (χ2v) is 8.19. The average Bonchev–Trinajstić information content (AvgIpc) is 2.23. The molecule has 0 heterocycles. The molecule has 0 nitrogen and oxygen atoms in total. The molecule has 0 N–H and O–H groups in total. The van der Waals surface area contributed by atoms with Gasteiger partial charge in [0.15, 0.2) is 0 Å². The van der Waals surface area contributed by atoms with Crippen LogP contribution in [0.2, 0.25) is 0 Å². The highest BCUT2D eigenvalue weighted by Gasteiger charge is 2.27. The van der Waals surface area contributed by atoms with Crippen molar-refractivity contribution in [1.29, 1.82) is 0 Å². The minimum atomic E-state index is 0.549. The molecule has 1 aliphatic rings. The summed E-state index contributed by atoms with van der Waals surface area (Å²) in [5.41, 5.74) is 1.10. The van der Waals surface area contributed by atoms with E-state index in [0.717, 1.165) is 0 Å². The quantitative estimate of drug-likeness (QED) is 0.448. The minimum absolute atomic E-state index is 0.549. The molecule has 0 bridgehead atoms. The van der Waals surface area contributed by atoms with Crippen molar-refractivity contribution in [1.82, 2.24) is 0 Å². The lowest BCUT2D eigenvalue weighted by atomic mass is 9.70. The maximum atomic E-state index is 2.49. The molecule has 1 rings (SSSR count). The molecule has 0 aromatic heterocycles. The molecule has 18 heavy (non-hydrogen) atoms. The lowest BCUT2D eigenvalue weighted by Gasteiger charge is -2.35. The summed E-state index contributed by atoms with van der Waals surface area (Å²) < 4.78 is 0. The van der Waals surface area contributed by atoms with Gasteiger partial charge in [0.25, 0.3) is 0 Å². The van der Waals surface area contributed by atoms with Crippen LogP contribution in [0.1, 0.15) is 105 Å². The van der Waals surface area contributed by atoms with E-state index < -0.39 is 0 Å². The third-order valence-electron chi connectivity index (χ3n) is 4.66. The topological polar surface area (TPSA) is 0 Å². The average molecular weight is 252 g/mol. The largest absolute Gasteiger partial charge is 0.0599 e. The summed E-state index contributed by atoms with van der Waals surface area (Å²) in [6, 6.07) is 0. The molecule has 108 valence electrons. The van der Waals surface area contributed by atoms with Gasteiger partial charge < -0.3 is 0 Å². The first-order valence-electron chi connectivity index (χ1n) is 8.41. The standard InChI is InChI=1S/C18H36/c1-17(2)14-12-10-8-6-5-7-9-11-13-15-18(3,4)16-17/h5-16H2,1-4H3. The van der Waals surface area contributed by atoms with Crippen LogP contribution in [0.4, 0.5) is 0 Å². The Morgan fingerprint density at radius 3 is 1.06 bits per heavy atom. The summed E-state index contributed by atoms with van der Waals surface area (Å²) in [6.07, 6.45) is 17.5.